The lowest BCUT2D eigenvalue weighted by Gasteiger charge is -2.36. The third-order valence-electron chi connectivity index (χ3n) is 4.06. The molecule has 0 aromatic heterocycles. The molecular weight excluding hydrogens is 240 g/mol. The van der Waals surface area contributed by atoms with Gasteiger partial charge in [0.15, 0.2) is 0 Å². The quantitative estimate of drug-likeness (QED) is 0.433. The van der Waals surface area contributed by atoms with Gasteiger partial charge >= 0.3 is 5.97 Å². The zero-order chi connectivity index (χ0) is 13.2. The van der Waals surface area contributed by atoms with Gasteiger partial charge in [0.1, 0.15) is 14.2 Å². The van der Waals surface area contributed by atoms with Gasteiger partial charge in [0.2, 0.25) is 0 Å². The molecular formula is C15H24O2Si. The topological polar surface area (TPSA) is 26.3 Å². The van der Waals surface area contributed by atoms with E-state index in [1.807, 2.05) is 0 Å². The highest BCUT2D eigenvalue weighted by Gasteiger charge is 2.49. The van der Waals surface area contributed by atoms with Crippen molar-refractivity contribution in [1.82, 2.24) is 0 Å². The van der Waals surface area contributed by atoms with Crippen molar-refractivity contribution in [3.05, 3.63) is 0 Å². The van der Waals surface area contributed by atoms with Crippen LogP contribution in [0.5, 0.6) is 0 Å². The fourth-order valence-electron chi connectivity index (χ4n) is 3.16. The van der Waals surface area contributed by atoms with Gasteiger partial charge in [-0.15, -0.1) is 11.5 Å². The molecule has 18 heavy (non-hydrogen) atoms. The minimum absolute atomic E-state index is 0.0139. The normalized spacial score (nSPS) is 31.3. The minimum Gasteiger partial charge on any atom is -0.462 e. The summed E-state index contributed by atoms with van der Waals surface area (Å²) in [6, 6.07) is 0. The summed E-state index contributed by atoms with van der Waals surface area (Å²) in [5.41, 5.74) is 3.54. The van der Waals surface area contributed by atoms with E-state index in [0.29, 0.717) is 6.42 Å². The van der Waals surface area contributed by atoms with Crippen LogP contribution in [0.4, 0.5) is 0 Å². The van der Waals surface area contributed by atoms with Crippen molar-refractivity contribution in [3.8, 4) is 11.5 Å². The molecule has 2 fully saturated rings. The summed E-state index contributed by atoms with van der Waals surface area (Å²) in [4.78, 5) is 11.6. The first-order valence-corrected chi connectivity index (χ1v) is 10.6. The number of carbonyl (C=O) groups excluding carboxylic acids is 1. The highest BCUT2D eigenvalue weighted by Crippen LogP contribution is 2.49. The van der Waals surface area contributed by atoms with Gasteiger partial charge in [0.25, 0.3) is 0 Å². The molecule has 0 N–H and O–H groups in total. The number of carbonyl (C=O) groups is 1. The number of hydrogen-bond acceptors (Lipinski definition) is 2. The van der Waals surface area contributed by atoms with Gasteiger partial charge in [-0.25, -0.2) is 0 Å². The predicted molar refractivity (Wildman–Crippen MR) is 75.8 cm³/mol. The molecule has 1 saturated carbocycles. The van der Waals surface area contributed by atoms with Gasteiger partial charge in [-0.2, -0.15) is 0 Å². The van der Waals surface area contributed by atoms with E-state index in [2.05, 4.69) is 31.1 Å². The van der Waals surface area contributed by atoms with Crippen LogP contribution < -0.4 is 0 Å². The number of fused-ring (bicyclic) bond motifs is 1. The molecule has 0 radical (unpaired) electrons. The molecule has 100 valence electrons. The Kier molecular flexibility index (Phi) is 3.86. The zero-order valence-electron chi connectivity index (χ0n) is 11.8. The van der Waals surface area contributed by atoms with Crippen molar-refractivity contribution in [1.29, 1.82) is 0 Å². The Morgan fingerprint density at radius 1 is 1.39 bits per heavy atom. The van der Waals surface area contributed by atoms with Crippen molar-refractivity contribution >= 4 is 14.0 Å². The predicted octanol–water partition coefficient (Wildman–Crippen LogP) is 3.52. The van der Waals surface area contributed by atoms with Crippen LogP contribution in [0.2, 0.25) is 19.6 Å². The third kappa shape index (κ3) is 3.17. The van der Waals surface area contributed by atoms with Crippen molar-refractivity contribution in [2.45, 2.75) is 70.7 Å². The summed E-state index contributed by atoms with van der Waals surface area (Å²) in [6.45, 7) is 6.80. The van der Waals surface area contributed by atoms with Crippen molar-refractivity contribution in [2.75, 3.05) is 0 Å². The molecule has 0 bridgehead atoms. The maximum absolute atomic E-state index is 11.6. The van der Waals surface area contributed by atoms with E-state index in [1.54, 1.807) is 0 Å². The first-order valence-electron chi connectivity index (χ1n) is 7.11. The Morgan fingerprint density at radius 2 is 2.17 bits per heavy atom. The summed E-state index contributed by atoms with van der Waals surface area (Å²) >= 11 is 0. The summed E-state index contributed by atoms with van der Waals surface area (Å²) in [5.74, 6) is 3.35. The Morgan fingerprint density at radius 3 is 2.89 bits per heavy atom. The van der Waals surface area contributed by atoms with Gasteiger partial charge in [-0.05, 0) is 25.7 Å². The van der Waals surface area contributed by atoms with Crippen LogP contribution in [0.1, 0.15) is 44.9 Å². The smallest absolute Gasteiger partial charge is 0.306 e. The molecule has 2 aliphatic rings. The monoisotopic (exact) mass is 264 g/mol. The van der Waals surface area contributed by atoms with Crippen LogP contribution in [0.15, 0.2) is 0 Å². The summed E-state index contributed by atoms with van der Waals surface area (Å²) in [6.07, 6.45) is 7.46. The molecule has 2 atom stereocenters. The maximum Gasteiger partial charge on any atom is 0.306 e. The second kappa shape index (κ2) is 5.09. The number of hydrogen-bond donors (Lipinski definition) is 0. The van der Waals surface area contributed by atoms with E-state index in [-0.39, 0.29) is 17.5 Å². The van der Waals surface area contributed by atoms with Gasteiger partial charge in [-0.3, -0.25) is 4.79 Å². The van der Waals surface area contributed by atoms with Crippen LogP contribution in [0.3, 0.4) is 0 Å². The molecule has 1 aliphatic carbocycles. The second-order valence-corrected chi connectivity index (χ2v) is 11.6. The van der Waals surface area contributed by atoms with Gasteiger partial charge in [0, 0.05) is 11.8 Å². The van der Waals surface area contributed by atoms with E-state index in [9.17, 15) is 4.79 Å². The lowest BCUT2D eigenvalue weighted by molar-refractivity contribution is -0.142. The van der Waals surface area contributed by atoms with Crippen LogP contribution >= 0.6 is 0 Å². The second-order valence-electron chi connectivity index (χ2n) is 6.82. The lowest BCUT2D eigenvalue weighted by atomic mass is 9.68. The first kappa shape index (κ1) is 13.7. The molecule has 1 aliphatic heterocycles. The van der Waals surface area contributed by atoms with Gasteiger partial charge in [0.05, 0.1) is 6.42 Å². The average molecular weight is 264 g/mol. The first-order chi connectivity index (χ1) is 8.41. The Labute approximate surface area is 111 Å². The lowest BCUT2D eigenvalue weighted by Crippen LogP contribution is -2.34. The Balaban J connectivity index is 1.97. The molecule has 1 saturated heterocycles. The standard InChI is InChI=1S/C15H24O2Si/c1-18(2,3)11-7-6-10-15-9-5-4-8-13(15)17-14(16)12-15/h13H,4-6,8-10,12H2,1-3H3/t13-,15+/m0/s1. The number of esters is 1. The van der Waals surface area contributed by atoms with E-state index in [1.165, 1.54) is 12.8 Å². The van der Waals surface area contributed by atoms with E-state index >= 15 is 0 Å². The molecule has 0 amide bonds. The van der Waals surface area contributed by atoms with Crippen molar-refractivity contribution in [2.24, 2.45) is 5.41 Å². The molecule has 0 spiro atoms. The third-order valence-corrected chi connectivity index (χ3v) is 4.98. The summed E-state index contributed by atoms with van der Waals surface area (Å²) < 4.78 is 5.49. The zero-order valence-corrected chi connectivity index (χ0v) is 12.8. The Hall–Kier alpha value is -0.753. The van der Waals surface area contributed by atoms with Crippen molar-refractivity contribution < 1.29 is 9.53 Å². The Bertz CT molecular complexity index is 386. The molecule has 0 unspecified atom stereocenters. The van der Waals surface area contributed by atoms with Crippen LogP contribution in [-0.4, -0.2) is 20.1 Å². The molecule has 2 nitrogen and oxygen atoms in total. The number of ether oxygens (including phenoxy) is 1. The SMILES string of the molecule is C[Si](C)(C)C#CCC[C@@]12CCCC[C@@H]1OC(=O)C2. The van der Waals surface area contributed by atoms with Crippen LogP contribution in [0, 0.1) is 16.9 Å². The molecule has 2 rings (SSSR count). The summed E-state index contributed by atoms with van der Waals surface area (Å²) in [7, 11) is -1.25. The van der Waals surface area contributed by atoms with Gasteiger partial charge in [-0.1, -0.05) is 26.1 Å². The molecule has 1 heterocycles. The van der Waals surface area contributed by atoms with E-state index < -0.39 is 8.07 Å². The number of rotatable bonds is 2. The maximum atomic E-state index is 11.6. The molecule has 3 heteroatoms. The van der Waals surface area contributed by atoms with E-state index in [4.69, 9.17) is 4.74 Å². The van der Waals surface area contributed by atoms with Crippen LogP contribution in [-0.2, 0) is 9.53 Å². The minimum atomic E-state index is -1.25. The van der Waals surface area contributed by atoms with E-state index in [0.717, 1.165) is 25.7 Å². The fourth-order valence-corrected chi connectivity index (χ4v) is 3.82. The largest absolute Gasteiger partial charge is 0.462 e. The highest BCUT2D eigenvalue weighted by atomic mass is 28.3. The van der Waals surface area contributed by atoms with Crippen LogP contribution in [0.25, 0.3) is 0 Å². The molecule has 0 aromatic rings. The average Bonchev–Trinajstić information content (AvgIpc) is 2.59. The summed E-state index contributed by atoms with van der Waals surface area (Å²) in [5, 5.41) is 0. The van der Waals surface area contributed by atoms with Gasteiger partial charge < -0.3 is 4.74 Å². The molecule has 0 aromatic carbocycles. The highest BCUT2D eigenvalue weighted by molar-refractivity contribution is 6.83. The van der Waals surface area contributed by atoms with Crippen molar-refractivity contribution in [3.63, 3.8) is 0 Å². The fraction of sp³-hybridized carbons (Fsp3) is 0.800.